The molecule has 0 nitrogen and oxygen atoms in total. The molecule has 0 aliphatic carbocycles. The molecule has 0 spiro atoms. The summed E-state index contributed by atoms with van der Waals surface area (Å²) in [6, 6.07) is 0. The van der Waals surface area contributed by atoms with E-state index in [4.69, 9.17) is 0 Å². The maximum Gasteiger partial charge on any atom is 0 e. The van der Waals surface area contributed by atoms with Gasteiger partial charge in [-0.3, -0.25) is 0 Å². The maximum absolute atomic E-state index is 2.29. The molecule has 0 rings (SSSR count). The van der Waals surface area contributed by atoms with Crippen LogP contribution in [0.5, 0.6) is 0 Å². The first-order valence-corrected chi connectivity index (χ1v) is 8.16. The Hall–Kier alpha value is 1.42. The van der Waals surface area contributed by atoms with E-state index >= 15 is 0 Å². The van der Waals surface area contributed by atoms with E-state index in [2.05, 4.69) is 13.8 Å². The van der Waals surface area contributed by atoms with E-state index in [0.717, 1.165) is 0 Å². The van der Waals surface area contributed by atoms with E-state index in [0.29, 0.717) is 0 Å². The third kappa shape index (κ3) is 12.1. The Morgan fingerprint density at radius 1 is 0.900 bits per heavy atom. The fourth-order valence-corrected chi connectivity index (χ4v) is 4.89. The van der Waals surface area contributed by atoms with Crippen molar-refractivity contribution in [3.8, 4) is 0 Å². The predicted molar refractivity (Wildman–Crippen MR) is 45.2 cm³/mol. The first-order valence-electron chi connectivity index (χ1n) is 4.12. The van der Waals surface area contributed by atoms with Gasteiger partial charge in [-0.25, -0.2) is 0 Å². The Balaban J connectivity index is 0. The molecule has 0 amide bonds. The molecular weight excluding hydrogens is 280 g/mol. The Bertz CT molecular complexity index is 42.5. The average molecular weight is 298 g/mol. The zero-order valence-electron chi connectivity index (χ0n) is 7.45. The number of unbranched alkanes of at least 4 members (excludes halogenated alkanes) is 2. The van der Waals surface area contributed by atoms with Crippen molar-refractivity contribution < 1.29 is 19.5 Å². The summed E-state index contributed by atoms with van der Waals surface area (Å²) in [5, 5.41) is 0. The van der Waals surface area contributed by atoms with Crippen LogP contribution in [0.2, 0.25) is 8.87 Å². The molecule has 0 unspecified atom stereocenters. The summed E-state index contributed by atoms with van der Waals surface area (Å²) in [5.74, 6) is 0. The monoisotopic (exact) mass is 298 g/mol. The van der Waals surface area contributed by atoms with Crippen LogP contribution in [0.25, 0.3) is 0 Å². The molecule has 0 aliphatic rings. The molecule has 0 heterocycles. The average Bonchev–Trinajstić information content (AvgIpc) is 1.89. The Labute approximate surface area is 88.5 Å². The maximum atomic E-state index is 2.29. The van der Waals surface area contributed by atoms with Gasteiger partial charge in [0.2, 0.25) is 0 Å². The smallest absolute Gasteiger partial charge is 0 e. The molecule has 0 saturated heterocycles. The molecule has 2 radical (unpaired) electrons. The van der Waals surface area contributed by atoms with Gasteiger partial charge in [0, 0.05) is 19.5 Å². The van der Waals surface area contributed by atoms with Gasteiger partial charge in [0.15, 0.2) is 0 Å². The van der Waals surface area contributed by atoms with Gasteiger partial charge in [0.05, 0.1) is 0 Å². The van der Waals surface area contributed by atoms with Crippen LogP contribution in [0, 0.1) is 0 Å². The van der Waals surface area contributed by atoms with Crippen molar-refractivity contribution in [1.82, 2.24) is 0 Å². The molecule has 0 aromatic heterocycles. The van der Waals surface area contributed by atoms with E-state index in [1.165, 1.54) is 25.7 Å². The Kier molecular flexibility index (Phi) is 18.2. The molecule has 10 heavy (non-hydrogen) atoms. The van der Waals surface area contributed by atoms with E-state index in [1.807, 2.05) is 0 Å². The topological polar surface area (TPSA) is 0 Å². The summed E-state index contributed by atoms with van der Waals surface area (Å²) >= 11 is 0.149. The van der Waals surface area contributed by atoms with Crippen molar-refractivity contribution in [2.75, 3.05) is 0 Å². The van der Waals surface area contributed by atoms with Crippen molar-refractivity contribution >= 4 is 21.1 Å². The molecule has 0 N–H and O–H groups in total. The van der Waals surface area contributed by atoms with Crippen LogP contribution in [-0.2, 0) is 19.5 Å². The largest absolute Gasteiger partial charge is 0 e. The minimum Gasteiger partial charge on any atom is 0 e. The summed E-state index contributed by atoms with van der Waals surface area (Å²) in [5.41, 5.74) is 0. The standard InChI is InChI=1S/2C4H9.Sn.Zn/c2*1-3-4-2;;/h2*1,3-4H2,2H3;;. The van der Waals surface area contributed by atoms with Crippen LogP contribution < -0.4 is 0 Å². The molecule has 56 valence electrons. The van der Waals surface area contributed by atoms with Crippen molar-refractivity contribution in [2.45, 2.75) is 48.4 Å². The van der Waals surface area contributed by atoms with E-state index in [-0.39, 0.29) is 40.6 Å². The molecule has 0 fully saturated rings. The first-order chi connectivity index (χ1) is 4.41. The molecule has 2 heteroatoms. The summed E-state index contributed by atoms with van der Waals surface area (Å²) in [7, 11) is 0. The van der Waals surface area contributed by atoms with Crippen molar-refractivity contribution in [3.63, 3.8) is 0 Å². The van der Waals surface area contributed by atoms with Gasteiger partial charge in [0.25, 0.3) is 0 Å². The fourth-order valence-electron chi connectivity index (χ4n) is 0.729. The van der Waals surface area contributed by atoms with E-state index in [9.17, 15) is 0 Å². The Morgan fingerprint density at radius 2 is 1.30 bits per heavy atom. The van der Waals surface area contributed by atoms with Crippen LogP contribution in [0.15, 0.2) is 0 Å². The molecule has 0 atom stereocenters. The van der Waals surface area contributed by atoms with Crippen LogP contribution >= 0.6 is 0 Å². The third-order valence-corrected chi connectivity index (χ3v) is 5.45. The summed E-state index contributed by atoms with van der Waals surface area (Å²) in [6.07, 6.45) is 5.84. The first kappa shape index (κ1) is 14.0. The second kappa shape index (κ2) is 13.0. The second-order valence-corrected chi connectivity index (χ2v) is 6.74. The second-order valence-electron chi connectivity index (χ2n) is 2.46. The van der Waals surface area contributed by atoms with E-state index in [1.54, 1.807) is 8.87 Å². The molecule has 0 saturated carbocycles. The summed E-state index contributed by atoms with van der Waals surface area (Å²) < 4.78 is 3.25. The van der Waals surface area contributed by atoms with Gasteiger partial charge >= 0.3 is 69.5 Å². The molecule has 0 aromatic rings. The minimum absolute atomic E-state index is 0. The van der Waals surface area contributed by atoms with Gasteiger partial charge in [0.1, 0.15) is 0 Å². The normalized spacial score (nSPS) is 9.00. The number of hydrogen-bond acceptors (Lipinski definition) is 0. The number of hydrogen-bond donors (Lipinski definition) is 0. The van der Waals surface area contributed by atoms with Gasteiger partial charge in [-0.2, -0.15) is 0 Å². The van der Waals surface area contributed by atoms with Crippen LogP contribution in [0.4, 0.5) is 0 Å². The summed E-state index contributed by atoms with van der Waals surface area (Å²) in [6.45, 7) is 4.58. The predicted octanol–water partition coefficient (Wildman–Crippen LogP) is 3.12. The van der Waals surface area contributed by atoms with E-state index < -0.39 is 0 Å². The SMILES string of the molecule is CCC[CH2][Sn][CH2]CCC.[Zn]. The molecule has 0 bridgehead atoms. The molecule has 0 aliphatic heterocycles. The number of rotatable bonds is 6. The zero-order chi connectivity index (χ0) is 6.95. The molecular formula is C8H18SnZn. The minimum atomic E-state index is 0. The third-order valence-electron chi connectivity index (χ3n) is 1.41. The van der Waals surface area contributed by atoms with Gasteiger partial charge in [-0.05, 0) is 0 Å². The van der Waals surface area contributed by atoms with Gasteiger partial charge in [-0.1, -0.05) is 0 Å². The Morgan fingerprint density at radius 3 is 1.60 bits per heavy atom. The van der Waals surface area contributed by atoms with Crippen molar-refractivity contribution in [3.05, 3.63) is 0 Å². The van der Waals surface area contributed by atoms with Crippen molar-refractivity contribution in [2.24, 2.45) is 0 Å². The quantitative estimate of drug-likeness (QED) is 0.522. The zero-order valence-corrected chi connectivity index (χ0v) is 13.3. The molecule has 0 aromatic carbocycles. The van der Waals surface area contributed by atoms with Crippen molar-refractivity contribution in [1.29, 1.82) is 0 Å². The van der Waals surface area contributed by atoms with Crippen LogP contribution in [0.1, 0.15) is 39.5 Å². The summed E-state index contributed by atoms with van der Waals surface area (Å²) in [4.78, 5) is 0. The van der Waals surface area contributed by atoms with Gasteiger partial charge < -0.3 is 0 Å². The van der Waals surface area contributed by atoms with Crippen LogP contribution in [-0.4, -0.2) is 21.1 Å². The fraction of sp³-hybridized carbons (Fsp3) is 1.00. The van der Waals surface area contributed by atoms with Gasteiger partial charge in [-0.15, -0.1) is 0 Å². The van der Waals surface area contributed by atoms with Crippen LogP contribution in [0.3, 0.4) is 0 Å².